The molecule has 0 atom stereocenters. The molecule has 0 saturated carbocycles. The Morgan fingerprint density at radius 1 is 1.21 bits per heavy atom. The Morgan fingerprint density at radius 3 is 2.64 bits per heavy atom. The van der Waals surface area contributed by atoms with Crippen LogP contribution in [-0.4, -0.2) is 75.4 Å². The molecule has 0 unspecified atom stereocenters. The number of likely N-dealkylation sites (N-methyl/N-ethyl adjacent to an activating group) is 1. The Balaban J connectivity index is 2.55. The number of methoxy groups -OCH3 is 1. The normalized spacial score (nSPS) is 12.3. The Kier molecular flexibility index (Phi) is 12.0. The van der Waals surface area contributed by atoms with Crippen molar-refractivity contribution in [2.75, 3.05) is 59.8 Å². The van der Waals surface area contributed by atoms with Gasteiger partial charge in [0.1, 0.15) is 12.4 Å². The molecule has 0 heterocycles. The van der Waals surface area contributed by atoms with E-state index in [0.29, 0.717) is 13.2 Å². The number of benzene rings is 1. The highest BCUT2D eigenvalue weighted by molar-refractivity contribution is 7.99. The largest absolute Gasteiger partial charge is 0.492 e. The minimum Gasteiger partial charge on any atom is -0.492 e. The number of nitrogens with one attached hydrogen (secondary N) is 2. The summed E-state index contributed by atoms with van der Waals surface area (Å²) in [5, 5.41) is 6.74. The van der Waals surface area contributed by atoms with Gasteiger partial charge in [0.25, 0.3) is 0 Å². The molecular formula is C21H38N4O2S. The zero-order chi connectivity index (χ0) is 20.8. The van der Waals surface area contributed by atoms with Crippen LogP contribution in [0.3, 0.4) is 0 Å². The van der Waals surface area contributed by atoms with E-state index in [1.165, 1.54) is 0 Å². The van der Waals surface area contributed by atoms with E-state index in [1.54, 1.807) is 7.11 Å². The first kappa shape index (κ1) is 24.6. The summed E-state index contributed by atoms with van der Waals surface area (Å²) in [5.74, 6) is 1.73. The molecule has 0 saturated heterocycles. The third-order valence-corrected chi connectivity index (χ3v) is 5.56. The van der Waals surface area contributed by atoms with Crippen LogP contribution < -0.4 is 15.4 Å². The highest BCUT2D eigenvalue weighted by Crippen LogP contribution is 2.19. The predicted octanol–water partition coefficient (Wildman–Crippen LogP) is 2.84. The van der Waals surface area contributed by atoms with Crippen LogP contribution >= 0.6 is 11.8 Å². The molecule has 6 nitrogen and oxygen atoms in total. The van der Waals surface area contributed by atoms with Crippen molar-refractivity contribution in [1.82, 2.24) is 15.5 Å². The van der Waals surface area contributed by atoms with Crippen molar-refractivity contribution in [1.29, 1.82) is 0 Å². The Labute approximate surface area is 175 Å². The summed E-state index contributed by atoms with van der Waals surface area (Å²) in [6.07, 6.45) is 2.13. The maximum absolute atomic E-state index is 5.89. The number of nitrogens with zero attached hydrogens (tertiary/aromatic N) is 2. The lowest BCUT2D eigenvalue weighted by Gasteiger charge is -2.23. The molecule has 0 aliphatic heterocycles. The fourth-order valence-electron chi connectivity index (χ4n) is 2.29. The third kappa shape index (κ3) is 10.8. The number of guanidine groups is 1. The molecule has 0 aliphatic rings. The number of rotatable bonds is 13. The molecule has 1 aromatic rings. The van der Waals surface area contributed by atoms with Crippen LogP contribution in [0.5, 0.6) is 5.75 Å². The van der Waals surface area contributed by atoms with Gasteiger partial charge in [-0.1, -0.05) is 12.1 Å². The first-order valence-electron chi connectivity index (χ1n) is 9.86. The molecule has 0 amide bonds. The van der Waals surface area contributed by atoms with Crippen molar-refractivity contribution in [3.63, 3.8) is 0 Å². The van der Waals surface area contributed by atoms with Gasteiger partial charge in [-0.2, -0.15) is 11.8 Å². The van der Waals surface area contributed by atoms with Crippen molar-refractivity contribution in [2.45, 2.75) is 32.1 Å². The summed E-state index contributed by atoms with van der Waals surface area (Å²) in [5.41, 5.74) is 1.13. The predicted molar refractivity (Wildman–Crippen MR) is 122 cm³/mol. The van der Waals surface area contributed by atoms with E-state index in [1.807, 2.05) is 23.9 Å². The van der Waals surface area contributed by atoms with Gasteiger partial charge in [-0.25, -0.2) is 4.99 Å². The zero-order valence-corrected chi connectivity index (χ0v) is 19.2. The van der Waals surface area contributed by atoms with Crippen molar-refractivity contribution in [2.24, 2.45) is 4.99 Å². The van der Waals surface area contributed by atoms with Gasteiger partial charge in [-0.3, -0.25) is 0 Å². The summed E-state index contributed by atoms with van der Waals surface area (Å²) in [6, 6.07) is 8.16. The number of ether oxygens (including phenoxy) is 2. The second kappa shape index (κ2) is 13.7. The number of thioether (sulfide) groups is 1. The molecule has 0 aromatic heterocycles. The zero-order valence-electron chi connectivity index (χ0n) is 18.4. The van der Waals surface area contributed by atoms with Gasteiger partial charge in [0.2, 0.25) is 0 Å². The first-order valence-corrected chi connectivity index (χ1v) is 11.1. The lowest BCUT2D eigenvalue weighted by Crippen LogP contribution is -2.43. The fraction of sp³-hybridized carbons (Fsp3) is 0.667. The molecule has 0 spiro atoms. The summed E-state index contributed by atoms with van der Waals surface area (Å²) in [6.45, 7) is 12.0. The molecule has 160 valence electrons. The average molecular weight is 411 g/mol. The quantitative estimate of drug-likeness (QED) is 0.385. The molecule has 0 bridgehead atoms. The topological polar surface area (TPSA) is 58.1 Å². The Morgan fingerprint density at radius 2 is 1.96 bits per heavy atom. The van der Waals surface area contributed by atoms with E-state index < -0.39 is 0 Å². The van der Waals surface area contributed by atoms with E-state index in [4.69, 9.17) is 14.5 Å². The van der Waals surface area contributed by atoms with Crippen LogP contribution in [0.2, 0.25) is 0 Å². The van der Waals surface area contributed by atoms with Crippen LogP contribution in [0, 0.1) is 0 Å². The highest BCUT2D eigenvalue weighted by atomic mass is 32.2. The van der Waals surface area contributed by atoms with Gasteiger partial charge in [-0.05, 0) is 51.8 Å². The first-order chi connectivity index (χ1) is 13.4. The summed E-state index contributed by atoms with van der Waals surface area (Å²) < 4.78 is 11.2. The number of aliphatic imine (C=N–C) groups is 1. The molecule has 1 aromatic carbocycles. The fourth-order valence-corrected chi connectivity index (χ4v) is 2.51. The molecule has 0 radical (unpaired) electrons. The van der Waals surface area contributed by atoms with Gasteiger partial charge < -0.3 is 25.0 Å². The highest BCUT2D eigenvalue weighted by Gasteiger charge is 2.16. The minimum absolute atomic E-state index is 0.167. The van der Waals surface area contributed by atoms with Crippen LogP contribution in [0.1, 0.15) is 26.3 Å². The summed E-state index contributed by atoms with van der Waals surface area (Å²) >= 11 is 1.85. The van der Waals surface area contributed by atoms with E-state index in [2.05, 4.69) is 61.7 Å². The smallest absolute Gasteiger partial charge is 0.191 e. The maximum Gasteiger partial charge on any atom is 0.191 e. The lowest BCUT2D eigenvalue weighted by atomic mass is 10.2. The van der Waals surface area contributed by atoms with Crippen molar-refractivity contribution < 1.29 is 9.47 Å². The molecule has 0 aliphatic carbocycles. The average Bonchev–Trinajstić information content (AvgIpc) is 2.69. The third-order valence-electron chi connectivity index (χ3n) is 4.32. The van der Waals surface area contributed by atoms with E-state index >= 15 is 0 Å². The SMILES string of the molecule is CCNC(=NCc1cccc(OCCN(C)CCOC)c1)NCC(C)(C)SC. The van der Waals surface area contributed by atoms with Crippen LogP contribution in [-0.2, 0) is 11.3 Å². The van der Waals surface area contributed by atoms with Gasteiger partial charge in [-0.15, -0.1) is 0 Å². The Hall–Kier alpha value is -1.44. The molecule has 7 heteroatoms. The van der Waals surface area contributed by atoms with Crippen LogP contribution in [0.4, 0.5) is 0 Å². The van der Waals surface area contributed by atoms with Crippen LogP contribution in [0.25, 0.3) is 0 Å². The van der Waals surface area contributed by atoms with Gasteiger partial charge >= 0.3 is 0 Å². The summed E-state index contributed by atoms with van der Waals surface area (Å²) in [7, 11) is 3.79. The van der Waals surface area contributed by atoms with Crippen molar-refractivity contribution >= 4 is 17.7 Å². The van der Waals surface area contributed by atoms with Crippen molar-refractivity contribution in [3.05, 3.63) is 29.8 Å². The maximum atomic E-state index is 5.89. The van der Waals surface area contributed by atoms with E-state index in [-0.39, 0.29) is 4.75 Å². The van der Waals surface area contributed by atoms with E-state index in [9.17, 15) is 0 Å². The number of hydrogen-bond donors (Lipinski definition) is 2. The second-order valence-corrected chi connectivity index (χ2v) is 8.82. The minimum atomic E-state index is 0.167. The number of hydrogen-bond acceptors (Lipinski definition) is 5. The van der Waals surface area contributed by atoms with Gasteiger partial charge in [0.15, 0.2) is 5.96 Å². The summed E-state index contributed by atoms with van der Waals surface area (Å²) in [4.78, 5) is 6.91. The Bertz CT molecular complexity index is 581. The van der Waals surface area contributed by atoms with Gasteiger partial charge in [0, 0.05) is 38.0 Å². The van der Waals surface area contributed by atoms with E-state index in [0.717, 1.165) is 50.1 Å². The molecule has 0 fully saturated rings. The second-order valence-electron chi connectivity index (χ2n) is 7.30. The standard InChI is InChI=1S/C21H38N4O2S/c1-7-22-20(24-17-21(2,3)28-6)23-16-18-9-8-10-19(15-18)27-14-12-25(4)11-13-26-5/h8-10,15H,7,11-14,16-17H2,1-6H3,(H2,22,23,24). The van der Waals surface area contributed by atoms with Crippen molar-refractivity contribution in [3.8, 4) is 5.75 Å². The van der Waals surface area contributed by atoms with Crippen LogP contribution in [0.15, 0.2) is 29.3 Å². The monoisotopic (exact) mass is 410 g/mol. The molecule has 1 rings (SSSR count). The molecule has 28 heavy (non-hydrogen) atoms. The lowest BCUT2D eigenvalue weighted by molar-refractivity contribution is 0.150. The van der Waals surface area contributed by atoms with Gasteiger partial charge in [0.05, 0.1) is 13.2 Å². The molecular weight excluding hydrogens is 372 g/mol. The molecule has 2 N–H and O–H groups in total.